The summed E-state index contributed by atoms with van der Waals surface area (Å²) in [4.78, 5) is 26.9. The van der Waals surface area contributed by atoms with Crippen LogP contribution in [0, 0.1) is 0 Å². The lowest BCUT2D eigenvalue weighted by molar-refractivity contribution is -0.139. The number of amides is 2. The van der Waals surface area contributed by atoms with Crippen molar-refractivity contribution in [3.8, 4) is 0 Å². The van der Waals surface area contributed by atoms with Gasteiger partial charge in [-0.25, -0.2) is 0 Å². The second-order valence-corrected chi connectivity index (χ2v) is 3.69. The van der Waals surface area contributed by atoms with E-state index in [1.165, 1.54) is 0 Å². The first-order valence-corrected chi connectivity index (χ1v) is 5.87. The van der Waals surface area contributed by atoms with Crippen LogP contribution in [-0.4, -0.2) is 29.9 Å². The van der Waals surface area contributed by atoms with Crippen LogP contribution in [0.25, 0.3) is 0 Å². The van der Waals surface area contributed by atoms with Crippen LogP contribution in [0.3, 0.4) is 0 Å². The van der Waals surface area contributed by atoms with E-state index in [2.05, 4.69) is 15.6 Å². The van der Waals surface area contributed by atoms with Crippen molar-refractivity contribution in [3.63, 3.8) is 0 Å². The number of carbonyl (C=O) groups excluding carboxylic acids is 2. The molecule has 0 saturated heterocycles. The molecule has 0 unspecified atom stereocenters. The van der Waals surface area contributed by atoms with Gasteiger partial charge in [0.2, 0.25) is 0 Å². The van der Waals surface area contributed by atoms with Crippen LogP contribution in [0.2, 0.25) is 0 Å². The Bertz CT molecular complexity index is 420. The summed E-state index contributed by atoms with van der Waals surface area (Å²) in [5.41, 5.74) is 7.06. The molecular weight excluding hydrogens is 232 g/mol. The van der Waals surface area contributed by atoms with E-state index in [1.807, 2.05) is 19.1 Å². The summed E-state index contributed by atoms with van der Waals surface area (Å²) in [6.45, 7) is 2.85. The van der Waals surface area contributed by atoms with E-state index in [9.17, 15) is 9.59 Å². The smallest absolute Gasteiger partial charge is 0.309 e. The minimum absolute atomic E-state index is 0.249. The van der Waals surface area contributed by atoms with Gasteiger partial charge in [0, 0.05) is 19.3 Å². The zero-order chi connectivity index (χ0) is 13.4. The molecule has 1 aromatic heterocycles. The molecule has 0 aliphatic rings. The molecular formula is C12H18N4O2. The van der Waals surface area contributed by atoms with Crippen LogP contribution < -0.4 is 16.4 Å². The van der Waals surface area contributed by atoms with Gasteiger partial charge in [-0.3, -0.25) is 14.6 Å². The fourth-order valence-corrected chi connectivity index (χ4v) is 1.46. The molecule has 2 amide bonds. The predicted octanol–water partition coefficient (Wildman–Crippen LogP) is -0.665. The lowest BCUT2D eigenvalue weighted by Gasteiger charge is -2.08. The number of pyridine rings is 1. The molecule has 0 aromatic carbocycles. The Hall–Kier alpha value is -1.95. The van der Waals surface area contributed by atoms with Crippen LogP contribution in [0.15, 0.2) is 18.3 Å². The molecule has 4 N–H and O–H groups in total. The molecule has 0 radical (unpaired) electrons. The van der Waals surface area contributed by atoms with Crippen molar-refractivity contribution in [1.29, 1.82) is 0 Å². The summed E-state index contributed by atoms with van der Waals surface area (Å²) in [5.74, 6) is -1.34. The Labute approximate surface area is 106 Å². The third kappa shape index (κ3) is 4.14. The normalized spacial score (nSPS) is 9.89. The summed E-state index contributed by atoms with van der Waals surface area (Å²) in [6, 6.07) is 3.79. The van der Waals surface area contributed by atoms with Gasteiger partial charge in [0.05, 0.1) is 12.2 Å². The summed E-state index contributed by atoms with van der Waals surface area (Å²) < 4.78 is 0. The summed E-state index contributed by atoms with van der Waals surface area (Å²) in [6.07, 6.45) is 2.49. The van der Waals surface area contributed by atoms with Crippen molar-refractivity contribution < 1.29 is 9.59 Å². The van der Waals surface area contributed by atoms with Crippen molar-refractivity contribution in [1.82, 2.24) is 15.6 Å². The highest BCUT2D eigenvalue weighted by molar-refractivity contribution is 6.35. The minimum atomic E-state index is -0.672. The number of rotatable bonds is 5. The van der Waals surface area contributed by atoms with Gasteiger partial charge >= 0.3 is 11.8 Å². The molecule has 0 bridgehead atoms. The lowest BCUT2D eigenvalue weighted by atomic mass is 10.1. The average Bonchev–Trinajstić information content (AvgIpc) is 2.42. The van der Waals surface area contributed by atoms with Crippen molar-refractivity contribution in [3.05, 3.63) is 29.6 Å². The van der Waals surface area contributed by atoms with Crippen molar-refractivity contribution in [2.24, 2.45) is 5.73 Å². The third-order valence-corrected chi connectivity index (χ3v) is 2.42. The van der Waals surface area contributed by atoms with E-state index in [0.29, 0.717) is 6.54 Å². The van der Waals surface area contributed by atoms with Gasteiger partial charge in [0.1, 0.15) is 0 Å². The first-order chi connectivity index (χ1) is 8.69. The Morgan fingerprint density at radius 3 is 2.72 bits per heavy atom. The van der Waals surface area contributed by atoms with Crippen LogP contribution in [0.5, 0.6) is 0 Å². The highest BCUT2D eigenvalue weighted by Crippen LogP contribution is 2.05. The number of nitrogens with two attached hydrogens (primary N) is 1. The van der Waals surface area contributed by atoms with Crippen LogP contribution >= 0.6 is 0 Å². The first kappa shape index (κ1) is 14.1. The second kappa shape index (κ2) is 7.39. The number of hydrogen-bond donors (Lipinski definition) is 3. The number of aromatic nitrogens is 1. The van der Waals surface area contributed by atoms with Crippen LogP contribution in [-0.2, 0) is 22.6 Å². The van der Waals surface area contributed by atoms with Gasteiger partial charge in [0.25, 0.3) is 0 Å². The molecule has 0 fully saturated rings. The predicted molar refractivity (Wildman–Crippen MR) is 67.5 cm³/mol. The Morgan fingerprint density at radius 2 is 2.06 bits per heavy atom. The average molecular weight is 250 g/mol. The Kier molecular flexibility index (Phi) is 5.79. The molecule has 1 aromatic rings. The van der Waals surface area contributed by atoms with Gasteiger partial charge in [-0.1, -0.05) is 13.0 Å². The molecule has 0 aliphatic carbocycles. The summed E-state index contributed by atoms with van der Waals surface area (Å²) in [7, 11) is 0. The Balaban J connectivity index is 2.49. The van der Waals surface area contributed by atoms with E-state index in [4.69, 9.17) is 5.73 Å². The fourth-order valence-electron chi connectivity index (χ4n) is 1.46. The maximum Gasteiger partial charge on any atom is 0.309 e. The number of nitrogens with zero attached hydrogens (tertiary/aromatic N) is 1. The lowest BCUT2D eigenvalue weighted by Crippen LogP contribution is -2.41. The van der Waals surface area contributed by atoms with Crippen LogP contribution in [0.4, 0.5) is 0 Å². The molecule has 1 heterocycles. The summed E-state index contributed by atoms with van der Waals surface area (Å²) >= 11 is 0. The van der Waals surface area contributed by atoms with E-state index < -0.39 is 11.8 Å². The highest BCUT2D eigenvalue weighted by Gasteiger charge is 2.12. The van der Waals surface area contributed by atoms with E-state index in [0.717, 1.165) is 17.7 Å². The van der Waals surface area contributed by atoms with E-state index >= 15 is 0 Å². The fraction of sp³-hybridized carbons (Fsp3) is 0.417. The van der Waals surface area contributed by atoms with Gasteiger partial charge in [-0.05, 0) is 18.1 Å². The number of nitrogens with one attached hydrogen (secondary N) is 2. The number of hydrogen-bond acceptors (Lipinski definition) is 4. The molecule has 6 nitrogen and oxygen atoms in total. The zero-order valence-corrected chi connectivity index (χ0v) is 10.4. The second-order valence-electron chi connectivity index (χ2n) is 3.69. The SMILES string of the molecule is CCc1cccnc1CNC(=O)C(=O)NCCN. The zero-order valence-electron chi connectivity index (χ0n) is 10.4. The monoisotopic (exact) mass is 250 g/mol. The largest absolute Gasteiger partial charge is 0.347 e. The van der Waals surface area contributed by atoms with Crippen molar-refractivity contribution in [2.75, 3.05) is 13.1 Å². The summed E-state index contributed by atoms with van der Waals surface area (Å²) in [5, 5.41) is 4.93. The third-order valence-electron chi connectivity index (χ3n) is 2.42. The van der Waals surface area contributed by atoms with Crippen LogP contribution in [0.1, 0.15) is 18.2 Å². The molecule has 18 heavy (non-hydrogen) atoms. The van der Waals surface area contributed by atoms with Crippen molar-refractivity contribution in [2.45, 2.75) is 19.9 Å². The standard InChI is InChI=1S/C12H18N4O2/c1-2-9-4-3-6-14-10(9)8-16-12(18)11(17)15-7-5-13/h3-4,6H,2,5,7-8,13H2,1H3,(H,15,17)(H,16,18). The highest BCUT2D eigenvalue weighted by atomic mass is 16.2. The first-order valence-electron chi connectivity index (χ1n) is 5.87. The minimum Gasteiger partial charge on any atom is -0.347 e. The quantitative estimate of drug-likeness (QED) is 0.604. The maximum atomic E-state index is 11.4. The van der Waals surface area contributed by atoms with Crippen molar-refractivity contribution >= 4 is 11.8 Å². The molecule has 0 saturated carbocycles. The molecule has 1 rings (SSSR count). The van der Waals surface area contributed by atoms with Gasteiger partial charge < -0.3 is 16.4 Å². The van der Waals surface area contributed by atoms with Gasteiger partial charge in [-0.2, -0.15) is 0 Å². The van der Waals surface area contributed by atoms with E-state index in [1.54, 1.807) is 6.20 Å². The Morgan fingerprint density at radius 1 is 1.33 bits per heavy atom. The topological polar surface area (TPSA) is 97.1 Å². The maximum absolute atomic E-state index is 11.4. The number of carbonyl (C=O) groups is 2. The molecule has 6 heteroatoms. The number of aryl methyl sites for hydroxylation is 1. The molecule has 98 valence electrons. The molecule has 0 aliphatic heterocycles. The molecule has 0 spiro atoms. The van der Waals surface area contributed by atoms with Gasteiger partial charge in [0.15, 0.2) is 0 Å². The van der Waals surface area contributed by atoms with E-state index in [-0.39, 0.29) is 13.1 Å². The molecule has 0 atom stereocenters. The van der Waals surface area contributed by atoms with Gasteiger partial charge in [-0.15, -0.1) is 0 Å².